The highest BCUT2D eigenvalue weighted by Crippen LogP contribution is 2.02. The van der Waals surface area contributed by atoms with Crippen molar-refractivity contribution in [1.29, 1.82) is 0 Å². The molecular weight excluding hydrogens is 925 g/mol. The number of hydrogen-bond acceptors (Lipinski definition) is 17. The Labute approximate surface area is 430 Å². The number of carbonyl (C=O) groups is 3. The number of nitrogens with one attached hydrogen (secondary N) is 2. The fourth-order valence-corrected chi connectivity index (χ4v) is 5.69. The minimum atomic E-state index is -0.0964. The van der Waals surface area contributed by atoms with E-state index in [4.69, 9.17) is 61.6 Å². The van der Waals surface area contributed by atoms with E-state index in [0.717, 1.165) is 32.5 Å². The summed E-state index contributed by atoms with van der Waals surface area (Å²) in [6, 6.07) is 0.320. The number of carbonyl (C=O) groups excluding carboxylic acids is 3. The van der Waals surface area contributed by atoms with Gasteiger partial charge in [0.15, 0.2) is 0 Å². The normalized spacial score (nSPS) is 11.5. The fourth-order valence-electron chi connectivity index (χ4n) is 5.69. The molecule has 0 aliphatic heterocycles. The standard InChI is InChI=1S/C49H98N4O16.C2H6/c1-8-47(54)50-13-23-60-32-38-67-39-33-61-24-14-51-48(55)11-21-58-29-34-62-25-15-52(46(6)7)16-26-63-35-30-59-22-12-49(56)53(18-28-65-41-42-69-43-68-20-10-45(4)5)17-27-64-36-40-66-37-31-57-19-9-44(2)3;1-2/h44-46H,8-43H2,1-7H3,(H,50,54)(H,51,55);1-2H3. The van der Waals surface area contributed by atoms with Crippen LogP contribution in [0.3, 0.4) is 0 Å². The molecule has 0 aromatic rings. The van der Waals surface area contributed by atoms with Crippen molar-refractivity contribution in [3.8, 4) is 0 Å². The van der Waals surface area contributed by atoms with Crippen LogP contribution >= 0.6 is 0 Å². The maximum absolute atomic E-state index is 13.1. The average molecular weight is 1030 g/mol. The van der Waals surface area contributed by atoms with E-state index in [9.17, 15) is 14.4 Å². The molecule has 0 saturated heterocycles. The van der Waals surface area contributed by atoms with Crippen LogP contribution in [-0.4, -0.2) is 238 Å². The van der Waals surface area contributed by atoms with Crippen LogP contribution in [0.25, 0.3) is 0 Å². The van der Waals surface area contributed by atoms with Gasteiger partial charge in [0.25, 0.3) is 0 Å². The van der Waals surface area contributed by atoms with Gasteiger partial charge in [-0.15, -0.1) is 0 Å². The van der Waals surface area contributed by atoms with Gasteiger partial charge in [0, 0.05) is 71.4 Å². The summed E-state index contributed by atoms with van der Waals surface area (Å²) in [4.78, 5) is 40.4. The van der Waals surface area contributed by atoms with Crippen LogP contribution in [0.2, 0.25) is 0 Å². The average Bonchev–Trinajstić information content (AvgIpc) is 3.35. The van der Waals surface area contributed by atoms with Crippen LogP contribution < -0.4 is 10.6 Å². The van der Waals surface area contributed by atoms with Gasteiger partial charge in [0.1, 0.15) is 6.79 Å². The van der Waals surface area contributed by atoms with Gasteiger partial charge >= 0.3 is 0 Å². The molecule has 0 spiro atoms. The molecule has 20 nitrogen and oxygen atoms in total. The van der Waals surface area contributed by atoms with E-state index in [1.54, 1.807) is 11.8 Å². The molecule has 20 heteroatoms. The van der Waals surface area contributed by atoms with E-state index in [-0.39, 0.29) is 37.4 Å². The smallest absolute Gasteiger partial charge is 0.225 e. The molecule has 0 aromatic carbocycles. The Hall–Kier alpha value is -2.15. The predicted molar refractivity (Wildman–Crippen MR) is 275 cm³/mol. The molecule has 0 rings (SSSR count). The second-order valence-electron chi connectivity index (χ2n) is 17.1. The van der Waals surface area contributed by atoms with E-state index < -0.39 is 0 Å². The number of amides is 3. The lowest BCUT2D eigenvalue weighted by Gasteiger charge is -2.26. The number of ether oxygens (including phenoxy) is 13. The van der Waals surface area contributed by atoms with Crippen LogP contribution in [-0.2, 0) is 76.0 Å². The van der Waals surface area contributed by atoms with Crippen LogP contribution in [0, 0.1) is 11.8 Å². The van der Waals surface area contributed by atoms with Crippen molar-refractivity contribution < 1.29 is 76.0 Å². The van der Waals surface area contributed by atoms with Crippen molar-refractivity contribution in [1.82, 2.24) is 20.4 Å². The maximum atomic E-state index is 13.1. The number of nitrogens with zero attached hydrogens (tertiary/aromatic N) is 2. The van der Waals surface area contributed by atoms with E-state index in [1.165, 1.54) is 0 Å². The third-order valence-corrected chi connectivity index (χ3v) is 9.98. The zero-order valence-electron chi connectivity index (χ0n) is 46.1. The fraction of sp³-hybridized carbons (Fsp3) is 0.941. The molecule has 3 amide bonds. The highest BCUT2D eigenvalue weighted by molar-refractivity contribution is 5.76. The van der Waals surface area contributed by atoms with Gasteiger partial charge in [-0.05, 0) is 38.5 Å². The summed E-state index contributed by atoms with van der Waals surface area (Å²) in [5, 5.41) is 5.56. The lowest BCUT2D eigenvalue weighted by molar-refractivity contribution is -0.134. The Morgan fingerprint density at radius 3 is 1.13 bits per heavy atom. The molecule has 0 saturated carbocycles. The molecule has 0 aliphatic rings. The van der Waals surface area contributed by atoms with Crippen LogP contribution in [0.1, 0.15) is 94.4 Å². The first-order valence-corrected chi connectivity index (χ1v) is 26.6. The molecule has 0 unspecified atom stereocenters. The van der Waals surface area contributed by atoms with Crippen molar-refractivity contribution in [2.24, 2.45) is 11.8 Å². The lowest BCUT2D eigenvalue weighted by atomic mass is 10.1. The zero-order chi connectivity index (χ0) is 52.7. The number of hydrogen-bond donors (Lipinski definition) is 2. The van der Waals surface area contributed by atoms with Crippen molar-refractivity contribution in [2.75, 3.05) is 205 Å². The first-order chi connectivity index (χ1) is 34.6. The highest BCUT2D eigenvalue weighted by Gasteiger charge is 2.14. The zero-order valence-corrected chi connectivity index (χ0v) is 46.1. The molecule has 2 N–H and O–H groups in total. The van der Waals surface area contributed by atoms with Crippen molar-refractivity contribution in [2.45, 2.75) is 100 Å². The molecule has 0 bridgehead atoms. The van der Waals surface area contributed by atoms with Crippen LogP contribution in [0.15, 0.2) is 0 Å². The summed E-state index contributed by atoms with van der Waals surface area (Å²) in [5.41, 5.74) is 0. The molecule has 0 radical (unpaired) electrons. The second-order valence-corrected chi connectivity index (χ2v) is 17.1. The van der Waals surface area contributed by atoms with Gasteiger partial charge in [-0.3, -0.25) is 19.3 Å². The molecule has 0 atom stereocenters. The number of rotatable bonds is 55. The van der Waals surface area contributed by atoms with E-state index in [0.29, 0.717) is 202 Å². The summed E-state index contributed by atoms with van der Waals surface area (Å²) < 4.78 is 72.8. The van der Waals surface area contributed by atoms with Gasteiger partial charge in [-0.1, -0.05) is 48.5 Å². The van der Waals surface area contributed by atoms with E-state index >= 15 is 0 Å². The minimum Gasteiger partial charge on any atom is -0.379 e. The third kappa shape index (κ3) is 55.4. The molecule has 0 aromatic heterocycles. The van der Waals surface area contributed by atoms with Gasteiger partial charge in [0.05, 0.1) is 152 Å². The topological polar surface area (TPSA) is 202 Å². The van der Waals surface area contributed by atoms with Crippen LogP contribution in [0.5, 0.6) is 0 Å². The SMILES string of the molecule is CC.CCC(=O)NCCOCCOCCOCCNC(=O)CCOCCOCCN(CCOCCOCCC(=O)N(CCOCCOCCOCCC(C)C)CCOCCOCOCCC(C)C)C(C)C. The summed E-state index contributed by atoms with van der Waals surface area (Å²) in [6.45, 7) is 33.3. The van der Waals surface area contributed by atoms with E-state index in [1.807, 2.05) is 13.8 Å². The van der Waals surface area contributed by atoms with Gasteiger partial charge in [-0.2, -0.15) is 0 Å². The summed E-state index contributed by atoms with van der Waals surface area (Å²) in [5.74, 6) is 1.10. The summed E-state index contributed by atoms with van der Waals surface area (Å²) >= 11 is 0. The predicted octanol–water partition coefficient (Wildman–Crippen LogP) is 4.24. The van der Waals surface area contributed by atoms with Gasteiger partial charge in [0.2, 0.25) is 17.7 Å². The van der Waals surface area contributed by atoms with Gasteiger partial charge < -0.3 is 77.1 Å². The molecule has 424 valence electrons. The first-order valence-electron chi connectivity index (χ1n) is 26.6. The molecule has 0 fully saturated rings. The van der Waals surface area contributed by atoms with Gasteiger partial charge in [-0.25, -0.2) is 0 Å². The quantitative estimate of drug-likeness (QED) is 0.0647. The molecule has 0 heterocycles. The maximum Gasteiger partial charge on any atom is 0.225 e. The monoisotopic (exact) mass is 1030 g/mol. The van der Waals surface area contributed by atoms with Crippen LogP contribution in [0.4, 0.5) is 0 Å². The van der Waals surface area contributed by atoms with Crippen molar-refractivity contribution >= 4 is 17.7 Å². The third-order valence-electron chi connectivity index (χ3n) is 9.98. The minimum absolute atomic E-state index is 0.00829. The Bertz CT molecular complexity index is 1130. The molecule has 0 aliphatic carbocycles. The Morgan fingerprint density at radius 2 is 0.704 bits per heavy atom. The lowest BCUT2D eigenvalue weighted by Crippen LogP contribution is -2.37. The molecule has 71 heavy (non-hydrogen) atoms. The Kier molecular flexibility index (Phi) is 57.1. The Balaban J connectivity index is 0. The molecular formula is C51H104N4O16. The first kappa shape index (κ1) is 70.9. The Morgan fingerprint density at radius 1 is 0.380 bits per heavy atom. The summed E-state index contributed by atoms with van der Waals surface area (Å²) in [6.07, 6.45) is 3.01. The van der Waals surface area contributed by atoms with Crippen molar-refractivity contribution in [3.05, 3.63) is 0 Å². The largest absolute Gasteiger partial charge is 0.379 e. The van der Waals surface area contributed by atoms with Crippen molar-refractivity contribution in [3.63, 3.8) is 0 Å². The van der Waals surface area contributed by atoms with E-state index in [2.05, 4.69) is 57.1 Å². The second kappa shape index (κ2) is 57.1. The highest BCUT2D eigenvalue weighted by atomic mass is 16.7. The summed E-state index contributed by atoms with van der Waals surface area (Å²) in [7, 11) is 0.